The van der Waals surface area contributed by atoms with E-state index in [2.05, 4.69) is 15.5 Å². The minimum Gasteiger partial charge on any atom is -0.376 e. The molecule has 0 aliphatic carbocycles. The van der Waals surface area contributed by atoms with E-state index < -0.39 is 22.8 Å². The summed E-state index contributed by atoms with van der Waals surface area (Å²) in [6.07, 6.45) is -2.93. The molecule has 1 aromatic carbocycles. The first-order valence-electron chi connectivity index (χ1n) is 8.83. The first kappa shape index (κ1) is 21.0. The quantitative estimate of drug-likeness (QED) is 0.809. The minimum absolute atomic E-state index is 0.0405. The van der Waals surface area contributed by atoms with E-state index in [-0.39, 0.29) is 5.69 Å². The van der Waals surface area contributed by atoms with Gasteiger partial charge in [-0.05, 0) is 18.2 Å². The van der Waals surface area contributed by atoms with Gasteiger partial charge in [-0.15, -0.1) is 5.10 Å². The number of piperazine rings is 1. The first-order chi connectivity index (χ1) is 13.6. The molecule has 0 bridgehead atoms. The number of hydrogen-bond donors (Lipinski definition) is 1. The van der Waals surface area contributed by atoms with Gasteiger partial charge in [-0.3, -0.25) is 0 Å². The molecule has 156 valence electrons. The Balaban J connectivity index is 1.61. The highest BCUT2D eigenvalue weighted by Gasteiger charge is 2.33. The van der Waals surface area contributed by atoms with Gasteiger partial charge in [0.1, 0.15) is 0 Å². The van der Waals surface area contributed by atoms with E-state index in [1.807, 2.05) is 30.0 Å². The number of nitrogens with one attached hydrogen (secondary N) is 1. The predicted molar refractivity (Wildman–Crippen MR) is 106 cm³/mol. The van der Waals surface area contributed by atoms with Crippen LogP contribution in [0.3, 0.4) is 0 Å². The van der Waals surface area contributed by atoms with Crippen molar-refractivity contribution < 1.29 is 18.0 Å². The molecule has 29 heavy (non-hydrogen) atoms. The molecule has 7 nitrogen and oxygen atoms in total. The van der Waals surface area contributed by atoms with Crippen LogP contribution < -0.4 is 15.1 Å². The summed E-state index contributed by atoms with van der Waals surface area (Å²) < 4.78 is 38.9. The summed E-state index contributed by atoms with van der Waals surface area (Å²) in [5.74, 6) is 0.712. The summed E-state index contributed by atoms with van der Waals surface area (Å²) in [6, 6.07) is 4.74. The first-order valence-corrected chi connectivity index (χ1v) is 9.20. The Labute approximate surface area is 171 Å². The van der Waals surface area contributed by atoms with E-state index in [1.54, 1.807) is 11.1 Å². The normalized spacial score (nSPS) is 14.7. The van der Waals surface area contributed by atoms with Crippen LogP contribution in [0.4, 0.5) is 35.2 Å². The molecule has 2 amide bonds. The molecule has 0 saturated carbocycles. The average molecular weight is 429 g/mol. The molecule has 0 radical (unpaired) electrons. The second-order valence-electron chi connectivity index (χ2n) is 6.76. The Kier molecular flexibility index (Phi) is 6.02. The summed E-state index contributed by atoms with van der Waals surface area (Å²) in [6.45, 7) is 1.87. The van der Waals surface area contributed by atoms with Gasteiger partial charge < -0.3 is 20.0 Å². The van der Waals surface area contributed by atoms with Crippen LogP contribution >= 0.6 is 11.6 Å². The molecule has 1 aromatic heterocycles. The number of halogens is 4. The van der Waals surface area contributed by atoms with Crippen molar-refractivity contribution in [2.24, 2.45) is 0 Å². The van der Waals surface area contributed by atoms with E-state index in [0.717, 1.165) is 17.8 Å². The molecule has 1 N–H and O–H groups in total. The SMILES string of the molecule is CN(C)c1cnnc(N2CCN(C(=O)Nc3ccc(Cl)c(C(F)(F)F)c3)CC2)c1. The summed E-state index contributed by atoms with van der Waals surface area (Å²) in [5.41, 5.74) is -0.0294. The lowest BCUT2D eigenvalue weighted by Gasteiger charge is -2.35. The number of amides is 2. The Morgan fingerprint density at radius 1 is 1.17 bits per heavy atom. The van der Waals surface area contributed by atoms with E-state index >= 15 is 0 Å². The van der Waals surface area contributed by atoms with Gasteiger partial charge in [0.2, 0.25) is 0 Å². The Morgan fingerprint density at radius 3 is 2.48 bits per heavy atom. The van der Waals surface area contributed by atoms with Crippen LogP contribution in [0.1, 0.15) is 5.56 Å². The van der Waals surface area contributed by atoms with Gasteiger partial charge in [0.25, 0.3) is 0 Å². The molecule has 11 heteroatoms. The third kappa shape index (κ3) is 5.00. The Morgan fingerprint density at radius 2 is 1.86 bits per heavy atom. The molecule has 2 heterocycles. The lowest BCUT2D eigenvalue weighted by molar-refractivity contribution is -0.137. The van der Waals surface area contributed by atoms with Crippen molar-refractivity contribution in [2.75, 3.05) is 55.4 Å². The number of carbonyl (C=O) groups excluding carboxylic acids is 1. The number of rotatable bonds is 3. The van der Waals surface area contributed by atoms with Gasteiger partial charge in [0.05, 0.1) is 22.5 Å². The zero-order chi connectivity index (χ0) is 21.2. The van der Waals surface area contributed by atoms with Crippen LogP contribution in [-0.4, -0.2) is 61.4 Å². The van der Waals surface area contributed by atoms with Crippen LogP contribution in [0.5, 0.6) is 0 Å². The summed E-state index contributed by atoms with van der Waals surface area (Å²) >= 11 is 5.61. The van der Waals surface area contributed by atoms with Crippen LogP contribution in [0.25, 0.3) is 0 Å². The van der Waals surface area contributed by atoms with Crippen molar-refractivity contribution in [2.45, 2.75) is 6.18 Å². The molecule has 2 aromatic rings. The van der Waals surface area contributed by atoms with Gasteiger partial charge in [0.15, 0.2) is 5.82 Å². The number of hydrogen-bond acceptors (Lipinski definition) is 5. The highest BCUT2D eigenvalue weighted by molar-refractivity contribution is 6.31. The fourth-order valence-corrected chi connectivity index (χ4v) is 3.13. The molecule has 0 unspecified atom stereocenters. The third-order valence-corrected chi connectivity index (χ3v) is 4.89. The average Bonchev–Trinajstić information content (AvgIpc) is 2.68. The minimum atomic E-state index is -4.59. The number of alkyl halides is 3. The zero-order valence-electron chi connectivity index (χ0n) is 15.9. The van der Waals surface area contributed by atoms with Crippen LogP contribution in [0.2, 0.25) is 5.02 Å². The summed E-state index contributed by atoms with van der Waals surface area (Å²) in [4.78, 5) is 17.9. The van der Waals surface area contributed by atoms with Gasteiger partial charge in [0, 0.05) is 52.0 Å². The van der Waals surface area contributed by atoms with Crippen molar-refractivity contribution in [3.63, 3.8) is 0 Å². The van der Waals surface area contributed by atoms with Crippen molar-refractivity contribution in [1.82, 2.24) is 15.1 Å². The number of anilines is 3. The van der Waals surface area contributed by atoms with Gasteiger partial charge in [-0.2, -0.15) is 18.3 Å². The lowest BCUT2D eigenvalue weighted by atomic mass is 10.2. The Hall–Kier alpha value is -2.75. The molecular weight excluding hydrogens is 409 g/mol. The van der Waals surface area contributed by atoms with Gasteiger partial charge in [-0.1, -0.05) is 11.6 Å². The molecule has 1 aliphatic rings. The molecule has 1 fully saturated rings. The monoisotopic (exact) mass is 428 g/mol. The largest absolute Gasteiger partial charge is 0.417 e. The lowest BCUT2D eigenvalue weighted by Crippen LogP contribution is -2.50. The molecule has 0 atom stereocenters. The summed E-state index contributed by atoms with van der Waals surface area (Å²) in [7, 11) is 3.81. The highest BCUT2D eigenvalue weighted by atomic mass is 35.5. The molecular formula is C18H20ClF3N6O. The molecule has 3 rings (SSSR count). The van der Waals surface area contributed by atoms with Crippen LogP contribution in [-0.2, 0) is 6.18 Å². The maximum absolute atomic E-state index is 13.0. The van der Waals surface area contributed by atoms with Gasteiger partial charge in [-0.25, -0.2) is 4.79 Å². The number of nitrogens with zero attached hydrogens (tertiary/aromatic N) is 5. The van der Waals surface area contributed by atoms with Crippen LogP contribution in [0.15, 0.2) is 30.5 Å². The standard InChI is InChI=1S/C18H20ClF3N6O/c1-26(2)13-10-16(25-23-11-13)27-5-7-28(8-6-27)17(29)24-12-3-4-15(19)14(9-12)18(20,21)22/h3-4,9-11H,5-8H2,1-2H3,(H,24,29). The van der Waals surface area contributed by atoms with Crippen LogP contribution in [0, 0.1) is 0 Å². The highest BCUT2D eigenvalue weighted by Crippen LogP contribution is 2.36. The summed E-state index contributed by atoms with van der Waals surface area (Å²) in [5, 5.41) is 10.2. The van der Waals surface area contributed by atoms with E-state index in [0.29, 0.717) is 32.0 Å². The second-order valence-corrected chi connectivity index (χ2v) is 7.17. The maximum Gasteiger partial charge on any atom is 0.417 e. The maximum atomic E-state index is 13.0. The topological polar surface area (TPSA) is 64.6 Å². The van der Waals surface area contributed by atoms with E-state index in [1.165, 1.54) is 6.07 Å². The van der Waals surface area contributed by atoms with Crippen molar-refractivity contribution in [1.29, 1.82) is 0 Å². The third-order valence-electron chi connectivity index (χ3n) is 4.56. The molecule has 1 saturated heterocycles. The number of benzene rings is 1. The van der Waals surface area contributed by atoms with Gasteiger partial charge >= 0.3 is 12.2 Å². The molecule has 1 aliphatic heterocycles. The Bertz CT molecular complexity index is 884. The van der Waals surface area contributed by atoms with Crippen molar-refractivity contribution >= 4 is 34.8 Å². The smallest absolute Gasteiger partial charge is 0.376 e. The number of carbonyl (C=O) groups is 1. The number of aromatic nitrogens is 2. The zero-order valence-corrected chi connectivity index (χ0v) is 16.6. The second kappa shape index (κ2) is 8.32. The number of urea groups is 1. The molecule has 0 spiro atoms. The fourth-order valence-electron chi connectivity index (χ4n) is 2.91. The van der Waals surface area contributed by atoms with Crippen molar-refractivity contribution in [3.05, 3.63) is 41.0 Å². The van der Waals surface area contributed by atoms with E-state index in [4.69, 9.17) is 11.6 Å². The van der Waals surface area contributed by atoms with Crippen molar-refractivity contribution in [3.8, 4) is 0 Å². The fraction of sp³-hybridized carbons (Fsp3) is 0.389. The van der Waals surface area contributed by atoms with E-state index in [9.17, 15) is 18.0 Å². The predicted octanol–water partition coefficient (Wildman–Crippen LogP) is 3.57.